The van der Waals surface area contributed by atoms with Crippen molar-refractivity contribution < 1.29 is 48.1 Å². The lowest BCUT2D eigenvalue weighted by Crippen LogP contribution is -2.51. The van der Waals surface area contributed by atoms with Crippen molar-refractivity contribution in [2.75, 3.05) is 26.4 Å². The van der Waals surface area contributed by atoms with E-state index in [1.807, 2.05) is 5.32 Å². The Morgan fingerprint density at radius 3 is 2.45 bits per heavy atom. The zero-order chi connectivity index (χ0) is 38.8. The Labute approximate surface area is 314 Å². The van der Waals surface area contributed by atoms with E-state index in [9.17, 15) is 38.6 Å². The molecule has 14 nitrogen and oxygen atoms in total. The van der Waals surface area contributed by atoms with Gasteiger partial charge in [0.1, 0.15) is 0 Å². The SMILES string of the molecule is CC(C)CCCC(C)C1CCC2C3CC=C4CC(OCCOCCn5cc(CC(=O)NCC(O)(P(=O)(O)O)P(=O)(O)O)nn5)CCC4(C)C3CCC12C. The zero-order valence-electron chi connectivity index (χ0n) is 32.2. The molecular weight excluding hydrogens is 722 g/mol. The number of rotatable bonds is 18. The van der Waals surface area contributed by atoms with Crippen LogP contribution in [-0.4, -0.2) is 83.1 Å². The number of carbonyl (C=O) groups excluding carboxylic acids is 1. The largest absolute Gasteiger partial charge is 0.377 e. The van der Waals surface area contributed by atoms with Gasteiger partial charge in [-0.1, -0.05) is 70.7 Å². The third-order valence-electron chi connectivity index (χ3n) is 13.7. The van der Waals surface area contributed by atoms with E-state index in [-0.39, 0.29) is 23.6 Å². The summed E-state index contributed by atoms with van der Waals surface area (Å²) in [6.07, 6.45) is 18.1. The highest BCUT2D eigenvalue weighted by molar-refractivity contribution is 7.72. The number of fused-ring (bicyclic) bond motifs is 5. The molecule has 0 bridgehead atoms. The fourth-order valence-electron chi connectivity index (χ4n) is 10.7. The molecule has 0 radical (unpaired) electrons. The second kappa shape index (κ2) is 16.9. The van der Waals surface area contributed by atoms with Crippen molar-refractivity contribution in [3.8, 4) is 0 Å². The average molecular weight is 787 g/mol. The van der Waals surface area contributed by atoms with E-state index in [0.717, 1.165) is 48.3 Å². The van der Waals surface area contributed by atoms with E-state index in [1.54, 1.807) is 5.57 Å². The molecule has 302 valence electrons. The third-order valence-corrected chi connectivity index (χ3v) is 17.4. The van der Waals surface area contributed by atoms with Crippen LogP contribution in [0.15, 0.2) is 17.8 Å². The summed E-state index contributed by atoms with van der Waals surface area (Å²) >= 11 is 0. The Hall–Kier alpha value is -1.47. The minimum atomic E-state index is -5.68. The van der Waals surface area contributed by atoms with E-state index < -0.39 is 32.7 Å². The van der Waals surface area contributed by atoms with E-state index in [4.69, 9.17) is 9.47 Å². The van der Waals surface area contributed by atoms with Crippen LogP contribution < -0.4 is 5.32 Å². The van der Waals surface area contributed by atoms with Gasteiger partial charge in [0.15, 0.2) is 0 Å². The van der Waals surface area contributed by atoms with Gasteiger partial charge < -0.3 is 39.5 Å². The van der Waals surface area contributed by atoms with Gasteiger partial charge in [0.05, 0.1) is 51.1 Å². The highest BCUT2D eigenvalue weighted by Gasteiger charge is 2.60. The summed E-state index contributed by atoms with van der Waals surface area (Å²) in [6.45, 7) is 12.7. The Morgan fingerprint density at radius 1 is 1.02 bits per heavy atom. The smallest absolute Gasteiger partial charge is 0.371 e. The lowest BCUT2D eigenvalue weighted by atomic mass is 9.47. The Bertz CT molecular complexity index is 1520. The van der Waals surface area contributed by atoms with Crippen molar-refractivity contribution in [2.45, 2.75) is 129 Å². The maximum Gasteiger partial charge on any atom is 0.371 e. The second-order valence-corrected chi connectivity index (χ2v) is 21.4. The summed E-state index contributed by atoms with van der Waals surface area (Å²) in [7, 11) is -11.4. The average Bonchev–Trinajstić information content (AvgIpc) is 3.67. The topological polar surface area (TPSA) is 214 Å². The minimum Gasteiger partial charge on any atom is -0.377 e. The Kier molecular flexibility index (Phi) is 13.6. The van der Waals surface area contributed by atoms with Crippen molar-refractivity contribution in [3.63, 3.8) is 0 Å². The standard InChI is InChI=1S/C37H64N4O10P2/c1-25(2)7-6-8-26(3)31-11-12-32-30-10-9-27-21-29(13-15-35(27,4)33(30)14-16-36(31,32)5)51-20-19-50-18-17-41-23-28(39-40-41)22-34(42)38-24-37(43,52(44,45)46)53(47,48)49/h9,23,25-26,29-33,43H,6-8,10-22,24H2,1-5H3,(H,38,42)(H2,44,45,46)(H2,47,48,49). The number of aromatic nitrogens is 3. The number of ether oxygens (including phenoxy) is 2. The van der Waals surface area contributed by atoms with Crippen LogP contribution in [0, 0.1) is 46.3 Å². The summed E-state index contributed by atoms with van der Waals surface area (Å²) in [5, 5.41) is 15.9. The summed E-state index contributed by atoms with van der Waals surface area (Å²) in [6, 6.07) is 0. The highest BCUT2D eigenvalue weighted by atomic mass is 31.2. The fraction of sp³-hybridized carbons (Fsp3) is 0.865. The van der Waals surface area contributed by atoms with Gasteiger partial charge in [0, 0.05) is 6.20 Å². The van der Waals surface area contributed by atoms with Crippen LogP contribution >= 0.6 is 15.2 Å². The monoisotopic (exact) mass is 786 g/mol. The first-order valence-electron chi connectivity index (χ1n) is 19.7. The van der Waals surface area contributed by atoms with Crippen molar-refractivity contribution in [3.05, 3.63) is 23.5 Å². The number of allylic oxidation sites excluding steroid dienone is 1. The summed E-state index contributed by atoms with van der Waals surface area (Å²) < 4.78 is 36.5. The molecule has 1 heterocycles. The van der Waals surface area contributed by atoms with Crippen molar-refractivity contribution in [1.29, 1.82) is 0 Å². The van der Waals surface area contributed by atoms with Crippen LogP contribution in [0.25, 0.3) is 0 Å². The lowest BCUT2D eigenvalue weighted by molar-refractivity contribution is -0.120. The molecule has 8 unspecified atom stereocenters. The normalized spacial score (nSPS) is 31.1. The van der Waals surface area contributed by atoms with E-state index in [2.05, 4.69) is 51.0 Å². The molecule has 0 aliphatic heterocycles. The number of aliphatic hydroxyl groups is 1. The number of carbonyl (C=O) groups is 1. The van der Waals surface area contributed by atoms with Gasteiger partial charge in [-0.3, -0.25) is 13.9 Å². The molecule has 0 aromatic carbocycles. The van der Waals surface area contributed by atoms with Crippen molar-refractivity contribution >= 4 is 21.1 Å². The number of amides is 1. The van der Waals surface area contributed by atoms with E-state index >= 15 is 0 Å². The van der Waals surface area contributed by atoms with Crippen molar-refractivity contribution in [2.24, 2.45) is 46.3 Å². The molecule has 3 saturated carbocycles. The molecule has 4 aliphatic carbocycles. The Morgan fingerprint density at radius 2 is 1.75 bits per heavy atom. The number of nitrogens with zero attached hydrogens (tertiary/aromatic N) is 3. The zero-order valence-corrected chi connectivity index (χ0v) is 34.0. The fourth-order valence-corrected chi connectivity index (χ4v) is 12.6. The molecule has 5 rings (SSSR count). The van der Waals surface area contributed by atoms with Crippen LogP contribution in [0.5, 0.6) is 0 Å². The van der Waals surface area contributed by atoms with Gasteiger partial charge in [-0.2, -0.15) is 0 Å². The first-order chi connectivity index (χ1) is 24.8. The van der Waals surface area contributed by atoms with Crippen LogP contribution in [-0.2, 0) is 36.4 Å². The van der Waals surface area contributed by atoms with Gasteiger partial charge in [0.25, 0.3) is 5.08 Å². The number of hydrogen-bond acceptors (Lipinski definition) is 8. The predicted molar refractivity (Wildman–Crippen MR) is 199 cm³/mol. The van der Waals surface area contributed by atoms with Gasteiger partial charge in [-0.05, 0) is 97.7 Å². The number of nitrogens with one attached hydrogen (secondary N) is 1. The second-order valence-electron chi connectivity index (χ2n) is 17.4. The Balaban J connectivity index is 1.01. The summed E-state index contributed by atoms with van der Waals surface area (Å²) in [5.74, 6) is 4.10. The van der Waals surface area contributed by atoms with Crippen LogP contribution in [0.1, 0.15) is 111 Å². The quantitative estimate of drug-likeness (QED) is 0.0629. The van der Waals surface area contributed by atoms with E-state index in [0.29, 0.717) is 31.8 Å². The van der Waals surface area contributed by atoms with Gasteiger partial charge in [0.2, 0.25) is 5.91 Å². The molecule has 0 saturated heterocycles. The van der Waals surface area contributed by atoms with Crippen LogP contribution in [0.3, 0.4) is 0 Å². The molecule has 53 heavy (non-hydrogen) atoms. The highest BCUT2D eigenvalue weighted by Crippen LogP contribution is 2.68. The molecule has 16 heteroatoms. The first-order valence-corrected chi connectivity index (χ1v) is 22.9. The maximum absolute atomic E-state index is 12.2. The van der Waals surface area contributed by atoms with Gasteiger partial charge >= 0.3 is 15.2 Å². The summed E-state index contributed by atoms with van der Waals surface area (Å²) in [4.78, 5) is 49.1. The minimum absolute atomic E-state index is 0.203. The van der Waals surface area contributed by atoms with Gasteiger partial charge in [-0.15, -0.1) is 5.10 Å². The summed E-state index contributed by atoms with van der Waals surface area (Å²) in [5.41, 5.74) is 2.62. The molecule has 8 atom stereocenters. The van der Waals surface area contributed by atoms with E-state index in [1.165, 1.54) is 68.7 Å². The molecule has 1 aromatic rings. The van der Waals surface area contributed by atoms with Crippen molar-refractivity contribution in [1.82, 2.24) is 20.3 Å². The molecule has 6 N–H and O–H groups in total. The molecule has 4 aliphatic rings. The molecule has 1 amide bonds. The maximum atomic E-state index is 12.2. The molecule has 1 aromatic heterocycles. The first kappa shape index (κ1) is 42.7. The number of hydrogen-bond donors (Lipinski definition) is 6. The van der Waals surface area contributed by atoms with Gasteiger partial charge in [-0.25, -0.2) is 4.68 Å². The molecule has 0 spiro atoms. The third kappa shape index (κ3) is 9.40. The lowest BCUT2D eigenvalue weighted by Gasteiger charge is -2.58. The predicted octanol–water partition coefficient (Wildman–Crippen LogP) is 5.38. The molecular formula is C37H64N4O10P2. The van der Waals surface area contributed by atoms with Crippen LogP contribution in [0.2, 0.25) is 0 Å². The van der Waals surface area contributed by atoms with Crippen LogP contribution in [0.4, 0.5) is 0 Å². The molecule has 3 fully saturated rings.